The van der Waals surface area contributed by atoms with E-state index in [1.807, 2.05) is 22.6 Å². The normalized spacial score (nSPS) is 13.1. The number of hydrogen-bond acceptors (Lipinski definition) is 5. The minimum absolute atomic E-state index is 0.138. The molecule has 0 radical (unpaired) electrons. The van der Waals surface area contributed by atoms with Crippen LogP contribution in [0.1, 0.15) is 29.6 Å². The summed E-state index contributed by atoms with van der Waals surface area (Å²) in [5.74, 6) is -3.42. The van der Waals surface area contributed by atoms with Crippen molar-refractivity contribution in [3.63, 3.8) is 0 Å². The number of amides is 1. The zero-order chi connectivity index (χ0) is 17.4. The number of hydrogen-bond donors (Lipinski definition) is 4. The van der Waals surface area contributed by atoms with Gasteiger partial charge in [0.05, 0.1) is 5.92 Å². The van der Waals surface area contributed by atoms with Crippen LogP contribution in [0.25, 0.3) is 0 Å². The van der Waals surface area contributed by atoms with Crippen LogP contribution in [0.4, 0.5) is 0 Å². The molecule has 5 N–H and O–H groups in total. The van der Waals surface area contributed by atoms with Gasteiger partial charge in [0.1, 0.15) is 9.74 Å². The number of nitrogens with two attached hydrogens (primary N) is 1. The second-order valence-electron chi connectivity index (χ2n) is 4.98. The standard InChI is InChI=1S/C14H18IN3O5/c15-11-7-8(3-5-17-11)12(19)18-4-1-2-9(13(20)21)6-10(16)14(22)23/h3,5,7,9-10H,1-2,4,6,16H2,(H,18,19)(H,20,21)(H,22,23)/t9-,10-/m0/s1. The van der Waals surface area contributed by atoms with Crippen molar-refractivity contribution in [2.45, 2.75) is 25.3 Å². The number of rotatable bonds is 9. The van der Waals surface area contributed by atoms with Crippen LogP contribution in [-0.4, -0.2) is 45.6 Å². The van der Waals surface area contributed by atoms with Crippen molar-refractivity contribution in [2.75, 3.05) is 6.54 Å². The number of halogens is 1. The van der Waals surface area contributed by atoms with Crippen molar-refractivity contribution in [1.82, 2.24) is 10.3 Å². The number of pyridine rings is 1. The molecule has 1 heterocycles. The molecule has 0 aliphatic heterocycles. The number of carbonyl (C=O) groups is 3. The summed E-state index contributed by atoms with van der Waals surface area (Å²) < 4.78 is 0.698. The first kappa shape index (κ1) is 19.3. The summed E-state index contributed by atoms with van der Waals surface area (Å²) in [7, 11) is 0. The van der Waals surface area contributed by atoms with Crippen LogP contribution in [0.2, 0.25) is 0 Å². The van der Waals surface area contributed by atoms with Crippen LogP contribution in [0.5, 0.6) is 0 Å². The fourth-order valence-corrected chi connectivity index (χ4v) is 2.44. The largest absolute Gasteiger partial charge is 0.481 e. The highest BCUT2D eigenvalue weighted by atomic mass is 127. The smallest absolute Gasteiger partial charge is 0.320 e. The number of nitrogens with zero attached hydrogens (tertiary/aromatic N) is 1. The molecule has 0 aliphatic rings. The lowest BCUT2D eigenvalue weighted by atomic mass is 9.95. The monoisotopic (exact) mass is 435 g/mol. The average molecular weight is 435 g/mol. The molecule has 8 nitrogen and oxygen atoms in total. The highest BCUT2D eigenvalue weighted by Gasteiger charge is 2.23. The predicted octanol–water partition coefficient (Wildman–Crippen LogP) is 0.699. The van der Waals surface area contributed by atoms with E-state index in [1.54, 1.807) is 12.1 Å². The quantitative estimate of drug-likeness (QED) is 0.254. The Labute approximate surface area is 146 Å². The first-order valence-electron chi connectivity index (χ1n) is 6.92. The van der Waals surface area contributed by atoms with Gasteiger partial charge in [-0.1, -0.05) is 0 Å². The van der Waals surface area contributed by atoms with Gasteiger partial charge in [-0.2, -0.15) is 0 Å². The molecule has 0 aliphatic carbocycles. The lowest BCUT2D eigenvalue weighted by Gasteiger charge is -2.15. The topological polar surface area (TPSA) is 143 Å². The predicted molar refractivity (Wildman–Crippen MR) is 89.9 cm³/mol. The molecule has 1 amide bonds. The molecular weight excluding hydrogens is 417 g/mol. The van der Waals surface area contributed by atoms with Gasteiger partial charge in [-0.15, -0.1) is 0 Å². The molecule has 23 heavy (non-hydrogen) atoms. The van der Waals surface area contributed by atoms with E-state index in [2.05, 4.69) is 10.3 Å². The van der Waals surface area contributed by atoms with Crippen LogP contribution in [0, 0.1) is 9.62 Å². The summed E-state index contributed by atoms with van der Waals surface area (Å²) in [4.78, 5) is 37.7. The Balaban J connectivity index is 2.40. The molecule has 0 fully saturated rings. The van der Waals surface area contributed by atoms with Crippen LogP contribution in [0.3, 0.4) is 0 Å². The number of carboxylic acid groups (broad SMARTS) is 2. The van der Waals surface area contributed by atoms with Gasteiger partial charge in [0.2, 0.25) is 0 Å². The fourth-order valence-electron chi connectivity index (χ4n) is 1.95. The molecular formula is C14H18IN3O5. The van der Waals surface area contributed by atoms with Crippen LogP contribution < -0.4 is 11.1 Å². The van der Waals surface area contributed by atoms with Gasteiger partial charge < -0.3 is 21.3 Å². The minimum atomic E-state index is -1.23. The van der Waals surface area contributed by atoms with Gasteiger partial charge >= 0.3 is 11.9 Å². The van der Waals surface area contributed by atoms with Crippen LogP contribution in [-0.2, 0) is 9.59 Å². The molecule has 126 valence electrons. The lowest BCUT2D eigenvalue weighted by molar-refractivity contribution is -0.143. The van der Waals surface area contributed by atoms with E-state index in [-0.39, 0.29) is 18.7 Å². The first-order chi connectivity index (χ1) is 10.8. The van der Waals surface area contributed by atoms with Gasteiger partial charge in [0, 0.05) is 18.3 Å². The minimum Gasteiger partial charge on any atom is -0.481 e. The van der Waals surface area contributed by atoms with Crippen LogP contribution in [0.15, 0.2) is 18.3 Å². The molecule has 0 aromatic carbocycles. The maximum atomic E-state index is 11.9. The molecule has 1 aromatic heterocycles. The van der Waals surface area contributed by atoms with Gasteiger partial charge in [-0.25, -0.2) is 0 Å². The lowest BCUT2D eigenvalue weighted by Crippen LogP contribution is -2.34. The van der Waals surface area contributed by atoms with Crippen molar-refractivity contribution in [2.24, 2.45) is 11.7 Å². The number of carbonyl (C=O) groups excluding carboxylic acids is 1. The summed E-state index contributed by atoms with van der Waals surface area (Å²) in [5.41, 5.74) is 5.84. The molecule has 0 saturated carbocycles. The van der Waals surface area contributed by atoms with E-state index in [0.29, 0.717) is 22.2 Å². The van der Waals surface area contributed by atoms with E-state index in [4.69, 9.17) is 15.9 Å². The SMILES string of the molecule is N[C@@H](C[C@H](CCCNC(=O)c1ccnc(I)c1)C(=O)O)C(=O)O. The number of nitrogens with one attached hydrogen (secondary N) is 1. The molecule has 1 aromatic rings. The van der Waals surface area contributed by atoms with Gasteiger partial charge in [-0.05, 0) is 54.0 Å². The Morgan fingerprint density at radius 3 is 2.57 bits per heavy atom. The third-order valence-electron chi connectivity index (χ3n) is 3.21. The van der Waals surface area contributed by atoms with Crippen molar-refractivity contribution in [3.05, 3.63) is 27.6 Å². The average Bonchev–Trinajstić information content (AvgIpc) is 2.49. The summed E-state index contributed by atoms with van der Waals surface area (Å²) in [6, 6.07) is 2.02. The summed E-state index contributed by atoms with van der Waals surface area (Å²) in [6.45, 7) is 0.295. The molecule has 1 rings (SSSR count). The Morgan fingerprint density at radius 2 is 2.00 bits per heavy atom. The Kier molecular flexibility index (Phi) is 7.89. The van der Waals surface area contributed by atoms with E-state index in [9.17, 15) is 14.4 Å². The summed E-state index contributed by atoms with van der Waals surface area (Å²) >= 11 is 2.00. The van der Waals surface area contributed by atoms with Crippen molar-refractivity contribution < 1.29 is 24.6 Å². The molecule has 0 saturated heterocycles. The second kappa shape index (κ2) is 9.40. The van der Waals surface area contributed by atoms with E-state index < -0.39 is 23.9 Å². The Morgan fingerprint density at radius 1 is 1.30 bits per heavy atom. The van der Waals surface area contributed by atoms with Crippen LogP contribution >= 0.6 is 22.6 Å². The zero-order valence-corrected chi connectivity index (χ0v) is 14.4. The molecule has 2 atom stereocenters. The maximum absolute atomic E-state index is 11.9. The van der Waals surface area contributed by atoms with Crippen molar-refractivity contribution >= 4 is 40.4 Å². The molecule has 9 heteroatoms. The van der Waals surface area contributed by atoms with Gasteiger partial charge in [0.25, 0.3) is 5.91 Å². The maximum Gasteiger partial charge on any atom is 0.320 e. The zero-order valence-electron chi connectivity index (χ0n) is 12.2. The van der Waals surface area contributed by atoms with Crippen molar-refractivity contribution in [1.29, 1.82) is 0 Å². The Bertz CT molecular complexity index is 581. The first-order valence-corrected chi connectivity index (χ1v) is 8.00. The molecule has 0 spiro atoms. The summed E-state index contributed by atoms with van der Waals surface area (Å²) in [5, 5.41) is 20.5. The fraction of sp³-hybridized carbons (Fsp3) is 0.429. The molecule has 0 unspecified atom stereocenters. The third kappa shape index (κ3) is 6.91. The van der Waals surface area contributed by atoms with Gasteiger partial charge in [0.15, 0.2) is 0 Å². The van der Waals surface area contributed by atoms with E-state index in [1.165, 1.54) is 6.20 Å². The summed E-state index contributed by atoms with van der Waals surface area (Å²) in [6.07, 6.45) is 2.05. The second-order valence-corrected chi connectivity index (χ2v) is 6.09. The van der Waals surface area contributed by atoms with E-state index in [0.717, 1.165) is 0 Å². The number of aliphatic carboxylic acids is 2. The number of aromatic nitrogens is 1. The third-order valence-corrected chi connectivity index (χ3v) is 3.80. The van der Waals surface area contributed by atoms with Crippen molar-refractivity contribution in [3.8, 4) is 0 Å². The van der Waals surface area contributed by atoms with Gasteiger partial charge in [-0.3, -0.25) is 19.4 Å². The highest BCUT2D eigenvalue weighted by molar-refractivity contribution is 14.1. The number of carboxylic acids is 2. The highest BCUT2D eigenvalue weighted by Crippen LogP contribution is 2.13. The Hall–Kier alpha value is -1.75. The van der Waals surface area contributed by atoms with E-state index >= 15 is 0 Å². The molecule has 0 bridgehead atoms.